The average molecular weight is 642 g/mol. The Morgan fingerprint density at radius 1 is 0.826 bits per heavy atom. The first-order valence-electron chi connectivity index (χ1n) is 15.1. The summed E-state index contributed by atoms with van der Waals surface area (Å²) >= 11 is 0. The molecule has 0 radical (unpaired) electrons. The largest absolute Gasteiger partial charge is 0.507 e. The SMILES string of the molecule is C/C1=C/C=C/[C@H](C)[C@H](O)[C@@H](C)[C@@H](O)[C@@H](C)[C@H](O)[C@H](C)[C@@H](O)/C=C/O[C@@]2(C)Oc3c(C)c(O)c4c(O)c(cc(O)c4c3C2=O)NC1=O. The first-order valence-corrected chi connectivity index (χ1v) is 15.1. The highest BCUT2D eigenvalue weighted by atomic mass is 16.7. The van der Waals surface area contributed by atoms with Gasteiger partial charge in [-0.05, 0) is 19.9 Å². The third-order valence-electron chi connectivity index (χ3n) is 9.33. The molecular formula is C34H43NO11. The van der Waals surface area contributed by atoms with Gasteiger partial charge in [-0.1, -0.05) is 45.9 Å². The molecule has 0 aromatic heterocycles. The smallest absolute Gasteiger partial charge is 0.312 e. The maximum absolute atomic E-state index is 13.7. The highest BCUT2D eigenvalue weighted by molar-refractivity contribution is 6.21. The summed E-state index contributed by atoms with van der Waals surface area (Å²) < 4.78 is 11.5. The van der Waals surface area contributed by atoms with Crippen LogP contribution in [0.15, 0.2) is 42.2 Å². The summed E-state index contributed by atoms with van der Waals surface area (Å²) in [5, 5.41) is 79.0. The Labute approximate surface area is 266 Å². The molecule has 2 aromatic carbocycles. The van der Waals surface area contributed by atoms with Crippen molar-refractivity contribution < 1.29 is 54.8 Å². The van der Waals surface area contributed by atoms with Crippen LogP contribution in [0.4, 0.5) is 5.69 Å². The number of carbonyl (C=O) groups excluding carboxylic acids is 2. The second kappa shape index (κ2) is 13.0. The van der Waals surface area contributed by atoms with E-state index in [2.05, 4.69) is 5.32 Å². The molecule has 5 bridgehead atoms. The van der Waals surface area contributed by atoms with Crippen molar-refractivity contribution in [2.24, 2.45) is 23.7 Å². The predicted molar refractivity (Wildman–Crippen MR) is 169 cm³/mol. The topological polar surface area (TPSA) is 206 Å². The summed E-state index contributed by atoms with van der Waals surface area (Å²) in [5.74, 6) is -7.83. The van der Waals surface area contributed by atoms with Crippen molar-refractivity contribution >= 4 is 28.2 Å². The average Bonchev–Trinajstić information content (AvgIpc) is 3.28. The van der Waals surface area contributed by atoms with Crippen molar-refractivity contribution in [1.29, 1.82) is 0 Å². The van der Waals surface area contributed by atoms with Crippen LogP contribution in [0.25, 0.3) is 10.8 Å². The first-order chi connectivity index (χ1) is 21.4. The van der Waals surface area contributed by atoms with Gasteiger partial charge in [0.15, 0.2) is 5.75 Å². The molecule has 12 heteroatoms. The van der Waals surface area contributed by atoms with E-state index >= 15 is 0 Å². The Balaban J connectivity index is 1.83. The standard InChI is InChI=1S/C34H43NO11/c1-14-9-8-10-15(2)33(44)35-20-13-22(37)23-24(30(20)42)29(41)19(6)31-25(23)32(43)34(7,46-31)45-12-11-21(36)16(3)27(39)18(5)28(40)17(4)26(14)38/h8-14,16-18,21,26-28,36-42H,1-7H3,(H,35,44)/b9-8+,12-11+,15-10-/t14-,16+,17+,18-,21-,26-,27+,28+,34-/m0/s1. The van der Waals surface area contributed by atoms with Gasteiger partial charge in [-0.25, -0.2) is 0 Å². The lowest BCUT2D eigenvalue weighted by atomic mass is 9.78. The monoisotopic (exact) mass is 641 g/mol. The fraction of sp³-hybridized carbons (Fsp3) is 0.471. The number of hydrogen-bond donors (Lipinski definition) is 8. The second-order valence-electron chi connectivity index (χ2n) is 12.6. The maximum atomic E-state index is 13.7. The quantitative estimate of drug-likeness (QED) is 0.154. The minimum Gasteiger partial charge on any atom is -0.507 e. The highest BCUT2D eigenvalue weighted by Gasteiger charge is 2.49. The van der Waals surface area contributed by atoms with Gasteiger partial charge in [-0.15, -0.1) is 0 Å². The van der Waals surface area contributed by atoms with E-state index in [0.29, 0.717) is 0 Å². The number of fused-ring (bicyclic) bond motifs is 14. The van der Waals surface area contributed by atoms with Gasteiger partial charge in [0.25, 0.3) is 11.7 Å². The number of aliphatic hydroxyl groups excluding tert-OH is 4. The summed E-state index contributed by atoms with van der Waals surface area (Å²) in [6.45, 7) is 10.8. The number of allylic oxidation sites excluding steroid dienone is 2. The molecule has 1 amide bonds. The Kier molecular flexibility index (Phi) is 9.79. The van der Waals surface area contributed by atoms with E-state index in [1.165, 1.54) is 32.9 Å². The predicted octanol–water partition coefficient (Wildman–Crippen LogP) is 3.53. The van der Waals surface area contributed by atoms with Crippen LogP contribution >= 0.6 is 0 Å². The molecular weight excluding hydrogens is 598 g/mol. The van der Waals surface area contributed by atoms with Crippen molar-refractivity contribution in [3.63, 3.8) is 0 Å². The van der Waals surface area contributed by atoms with Gasteiger partial charge < -0.3 is 50.5 Å². The van der Waals surface area contributed by atoms with Gasteiger partial charge in [0.2, 0.25) is 0 Å². The van der Waals surface area contributed by atoms with Gasteiger partial charge in [-0.3, -0.25) is 9.59 Å². The Hall–Kier alpha value is -4.10. The summed E-state index contributed by atoms with van der Waals surface area (Å²) in [4.78, 5) is 26.7. The van der Waals surface area contributed by atoms with Crippen molar-refractivity contribution in [2.45, 2.75) is 78.7 Å². The lowest BCUT2D eigenvalue weighted by molar-refractivity contribution is -0.112. The molecule has 8 N–H and O–H groups in total. The molecule has 5 rings (SSSR count). The summed E-state index contributed by atoms with van der Waals surface area (Å²) in [5.41, 5.74) is -0.134. The first kappa shape index (κ1) is 34.8. The van der Waals surface area contributed by atoms with Gasteiger partial charge in [0.1, 0.15) is 17.2 Å². The van der Waals surface area contributed by atoms with E-state index in [1.54, 1.807) is 39.8 Å². The van der Waals surface area contributed by atoms with Crippen molar-refractivity contribution in [1.82, 2.24) is 0 Å². The van der Waals surface area contributed by atoms with E-state index in [1.807, 2.05) is 0 Å². The van der Waals surface area contributed by atoms with Gasteiger partial charge >= 0.3 is 5.79 Å². The lowest BCUT2D eigenvalue weighted by Crippen LogP contribution is -2.44. The third kappa shape index (κ3) is 6.05. The zero-order chi connectivity index (χ0) is 34.4. The number of ketones is 1. The number of aliphatic hydroxyl groups is 4. The fourth-order valence-corrected chi connectivity index (χ4v) is 5.98. The number of carbonyl (C=O) groups is 2. The lowest BCUT2D eigenvalue weighted by Gasteiger charge is -2.35. The Morgan fingerprint density at radius 2 is 1.43 bits per heavy atom. The molecule has 9 atom stereocenters. The Bertz CT molecular complexity index is 1630. The fourth-order valence-electron chi connectivity index (χ4n) is 5.98. The van der Waals surface area contributed by atoms with Crippen molar-refractivity contribution in [3.05, 3.63) is 53.3 Å². The number of anilines is 1. The summed E-state index contributed by atoms with van der Waals surface area (Å²) in [6.07, 6.45) is 2.28. The number of hydrogen-bond acceptors (Lipinski definition) is 11. The molecule has 2 aromatic rings. The number of nitrogens with one attached hydrogen (secondary N) is 1. The van der Waals surface area contributed by atoms with Crippen LogP contribution in [0.5, 0.6) is 23.0 Å². The molecule has 0 saturated carbocycles. The van der Waals surface area contributed by atoms with Crippen LogP contribution in [0, 0.1) is 30.6 Å². The molecule has 250 valence electrons. The minimum atomic E-state index is -2.00. The van der Waals surface area contributed by atoms with E-state index in [0.717, 1.165) is 12.3 Å². The molecule has 0 aliphatic carbocycles. The number of aromatic hydroxyl groups is 3. The number of amides is 1. The number of phenolic OH excluding ortho intramolecular Hbond substituents is 3. The minimum absolute atomic E-state index is 0.0620. The molecule has 12 nitrogen and oxygen atoms in total. The zero-order valence-corrected chi connectivity index (χ0v) is 26.8. The van der Waals surface area contributed by atoms with Crippen LogP contribution in [0.2, 0.25) is 0 Å². The third-order valence-corrected chi connectivity index (χ3v) is 9.33. The van der Waals surface area contributed by atoms with E-state index < -0.39 is 82.8 Å². The molecule has 3 aliphatic heterocycles. The van der Waals surface area contributed by atoms with Crippen LogP contribution in [-0.2, 0) is 9.53 Å². The normalized spacial score (nSPS) is 35.2. The van der Waals surface area contributed by atoms with E-state index in [9.17, 15) is 45.3 Å². The zero-order valence-electron chi connectivity index (χ0n) is 26.8. The molecule has 0 spiro atoms. The number of ether oxygens (including phenoxy) is 2. The van der Waals surface area contributed by atoms with Crippen molar-refractivity contribution in [2.75, 3.05) is 5.32 Å². The van der Waals surface area contributed by atoms with Crippen LogP contribution in [0.3, 0.4) is 0 Å². The van der Waals surface area contributed by atoms with Crippen LogP contribution < -0.4 is 10.1 Å². The number of Topliss-reactive ketones (excluding diaryl/α,β-unsaturated/α-hetero) is 1. The molecule has 3 heterocycles. The molecule has 0 fully saturated rings. The van der Waals surface area contributed by atoms with Crippen LogP contribution in [0.1, 0.15) is 57.5 Å². The van der Waals surface area contributed by atoms with E-state index in [4.69, 9.17) is 9.47 Å². The number of phenols is 3. The van der Waals surface area contributed by atoms with Crippen LogP contribution in [-0.4, -0.2) is 77.6 Å². The Morgan fingerprint density at radius 3 is 2.09 bits per heavy atom. The van der Waals surface area contributed by atoms with Crippen molar-refractivity contribution in [3.8, 4) is 23.0 Å². The summed E-state index contributed by atoms with van der Waals surface area (Å²) in [7, 11) is 0. The maximum Gasteiger partial charge on any atom is 0.312 e. The van der Waals surface area contributed by atoms with E-state index in [-0.39, 0.29) is 38.9 Å². The molecule has 0 saturated heterocycles. The molecule has 3 aliphatic rings. The molecule has 0 unspecified atom stereocenters. The van der Waals surface area contributed by atoms with Gasteiger partial charge in [-0.2, -0.15) is 0 Å². The number of rotatable bonds is 0. The summed E-state index contributed by atoms with van der Waals surface area (Å²) in [6, 6.07) is 1.05. The highest BCUT2D eigenvalue weighted by Crippen LogP contribution is 2.53. The van der Waals surface area contributed by atoms with Gasteiger partial charge in [0, 0.05) is 53.2 Å². The second-order valence-corrected chi connectivity index (χ2v) is 12.6. The molecule has 46 heavy (non-hydrogen) atoms. The van der Waals surface area contributed by atoms with Gasteiger partial charge in [0.05, 0.1) is 47.3 Å². The number of benzene rings is 2.